The average molecular weight is 710 g/mol. The Labute approximate surface area is 303 Å². The number of hydrogen-bond acceptors (Lipinski definition) is 16. The van der Waals surface area contributed by atoms with E-state index in [0.717, 1.165) is 6.33 Å². The molecular formula is C21H28N7Na2O14P2+3. The summed E-state index contributed by atoms with van der Waals surface area (Å²) >= 11 is 0. The first-order valence-corrected chi connectivity index (χ1v) is 15.6. The second-order valence-corrected chi connectivity index (χ2v) is 12.7. The summed E-state index contributed by atoms with van der Waals surface area (Å²) < 4.78 is 52.0. The van der Waals surface area contributed by atoms with E-state index in [9.17, 15) is 44.1 Å². The Morgan fingerprint density at radius 3 is 2.20 bits per heavy atom. The molecule has 2 aliphatic rings. The maximum absolute atomic E-state index is 12.4. The summed E-state index contributed by atoms with van der Waals surface area (Å²) in [4.78, 5) is 43.3. The van der Waals surface area contributed by atoms with Crippen LogP contribution in [-0.2, 0) is 32.0 Å². The van der Waals surface area contributed by atoms with Gasteiger partial charge < -0.3 is 51.2 Å². The molecule has 240 valence electrons. The smallest absolute Gasteiger partial charge is 0.387 e. The van der Waals surface area contributed by atoms with E-state index in [1.54, 1.807) is 0 Å². The molecule has 0 aromatic carbocycles. The van der Waals surface area contributed by atoms with Crippen LogP contribution in [0.5, 0.6) is 0 Å². The van der Waals surface area contributed by atoms with Crippen molar-refractivity contribution in [1.29, 1.82) is 0 Å². The number of carbonyl (C=O) groups is 1. The van der Waals surface area contributed by atoms with Crippen molar-refractivity contribution in [3.8, 4) is 0 Å². The first-order valence-electron chi connectivity index (χ1n) is 12.6. The van der Waals surface area contributed by atoms with Crippen molar-refractivity contribution in [2.75, 3.05) is 18.9 Å². The number of aromatic nitrogens is 5. The Bertz CT molecular complexity index is 1640. The number of imidazole rings is 1. The van der Waals surface area contributed by atoms with E-state index < -0.39 is 83.8 Å². The third-order valence-electron chi connectivity index (χ3n) is 6.75. The number of aliphatic hydroxyl groups is 4. The molecule has 2 fully saturated rings. The number of fused-ring (bicyclic) bond motifs is 1. The Morgan fingerprint density at radius 1 is 0.957 bits per heavy atom. The minimum atomic E-state index is -5.37. The summed E-state index contributed by atoms with van der Waals surface area (Å²) in [5.41, 5.74) is 11.4. The van der Waals surface area contributed by atoms with Gasteiger partial charge in [0.15, 0.2) is 36.2 Å². The maximum Gasteiger partial charge on any atom is 1.00 e. The molecule has 2 aliphatic heterocycles. The molecule has 0 aliphatic carbocycles. The van der Waals surface area contributed by atoms with Gasteiger partial charge in [0.25, 0.3) is 12.1 Å². The number of nitrogens with two attached hydrogens (primary N) is 2. The summed E-state index contributed by atoms with van der Waals surface area (Å²) in [5, 5.41) is 41.6. The number of primary amides is 1. The number of aliphatic hydroxyl groups excluding tert-OH is 4. The molecule has 25 heteroatoms. The number of pyridine rings is 1. The molecule has 2 saturated heterocycles. The predicted molar refractivity (Wildman–Crippen MR) is 139 cm³/mol. The molecule has 0 saturated carbocycles. The number of hydrogen-bond donors (Lipinski definition) is 8. The quantitative estimate of drug-likeness (QED) is 0.0520. The van der Waals surface area contributed by atoms with Crippen LogP contribution in [0.4, 0.5) is 5.82 Å². The zero-order valence-corrected chi connectivity index (χ0v) is 30.0. The molecule has 1 amide bonds. The Morgan fingerprint density at radius 2 is 1.57 bits per heavy atom. The largest absolute Gasteiger partial charge is 1.00 e. The number of anilines is 1. The fraction of sp³-hybridized carbons (Fsp3) is 0.476. The van der Waals surface area contributed by atoms with Crippen molar-refractivity contribution >= 4 is 38.5 Å². The number of ether oxygens (including phenoxy) is 2. The van der Waals surface area contributed by atoms with Gasteiger partial charge in [0.1, 0.15) is 47.9 Å². The predicted octanol–water partition coefficient (Wildman–Crippen LogP) is -9.01. The molecule has 0 bridgehead atoms. The topological polar surface area (TPSA) is 318 Å². The van der Waals surface area contributed by atoms with Crippen molar-refractivity contribution in [2.45, 2.75) is 49.1 Å². The van der Waals surface area contributed by atoms with Gasteiger partial charge in [-0.15, -0.1) is 0 Å². The van der Waals surface area contributed by atoms with E-state index >= 15 is 0 Å². The second kappa shape index (κ2) is 15.7. The average Bonchev–Trinajstić information content (AvgIpc) is 3.61. The molecule has 21 nitrogen and oxygen atoms in total. The molecular weight excluding hydrogens is 682 g/mol. The summed E-state index contributed by atoms with van der Waals surface area (Å²) in [6.07, 6.45) is -6.85. The van der Waals surface area contributed by atoms with Crippen LogP contribution in [0.25, 0.3) is 11.2 Å². The molecule has 0 spiro atoms. The summed E-state index contributed by atoms with van der Waals surface area (Å²) in [6, 6.07) is 2.83. The Hall–Kier alpha value is -1.01. The Kier molecular flexibility index (Phi) is 13.4. The SMILES string of the molecule is NC(=O)c1ccc[n+]([C@@H]2O[C@H](COP(=O)(O)OP(=O)(O)OC[C@H]3O[C@@H](n4cnc5c(N)ncnc54)[C@H](O)[C@@H]3O)[C@@H](O)[C@H]2O)c1.[Na+].[Na+]. The molecule has 46 heavy (non-hydrogen) atoms. The fourth-order valence-corrected chi connectivity index (χ4v) is 6.67. The minimum Gasteiger partial charge on any atom is -0.387 e. The third kappa shape index (κ3) is 8.58. The number of rotatable bonds is 11. The van der Waals surface area contributed by atoms with Gasteiger partial charge in [0, 0.05) is 6.07 Å². The summed E-state index contributed by atoms with van der Waals surface area (Å²) in [7, 11) is -10.7. The van der Waals surface area contributed by atoms with Gasteiger partial charge in [-0.1, -0.05) is 0 Å². The van der Waals surface area contributed by atoms with Crippen LogP contribution in [0.15, 0.2) is 37.2 Å². The van der Waals surface area contributed by atoms with Gasteiger partial charge in [-0.25, -0.2) is 24.1 Å². The number of amides is 1. The molecule has 3 aromatic heterocycles. The van der Waals surface area contributed by atoms with Gasteiger partial charge in [-0.3, -0.25) is 18.4 Å². The summed E-state index contributed by atoms with van der Waals surface area (Å²) in [6.45, 7) is -1.80. The van der Waals surface area contributed by atoms with Crippen molar-refractivity contribution in [2.24, 2.45) is 5.73 Å². The van der Waals surface area contributed by atoms with Crippen LogP contribution in [0.2, 0.25) is 0 Å². The fourth-order valence-electron chi connectivity index (χ4n) is 4.58. The van der Waals surface area contributed by atoms with Crippen LogP contribution in [-0.4, -0.2) is 105 Å². The molecule has 5 heterocycles. The van der Waals surface area contributed by atoms with Gasteiger partial charge in [0.05, 0.1) is 19.5 Å². The van der Waals surface area contributed by atoms with Crippen LogP contribution in [0.1, 0.15) is 22.8 Å². The molecule has 2 unspecified atom stereocenters. The number of phosphoric ester groups is 2. The molecule has 0 radical (unpaired) electrons. The molecule has 5 rings (SSSR count). The first kappa shape index (κ1) is 39.4. The number of carbonyl (C=O) groups excluding carboxylic acids is 1. The van der Waals surface area contributed by atoms with Gasteiger partial charge >= 0.3 is 74.8 Å². The zero-order chi connectivity index (χ0) is 32.0. The van der Waals surface area contributed by atoms with Crippen LogP contribution in [0.3, 0.4) is 0 Å². The van der Waals surface area contributed by atoms with Gasteiger partial charge in [0.2, 0.25) is 0 Å². The van der Waals surface area contributed by atoms with Crippen molar-refractivity contribution in [3.05, 3.63) is 42.7 Å². The van der Waals surface area contributed by atoms with E-state index in [-0.39, 0.29) is 81.7 Å². The first-order chi connectivity index (χ1) is 20.7. The zero-order valence-electron chi connectivity index (χ0n) is 24.2. The second-order valence-electron chi connectivity index (χ2n) is 9.69. The standard InChI is InChI=1S/C21H27N7O14P2.2Na/c22-17-12-19(25-7-24-17)28(8-26-12)21-16(32)14(30)11(41-21)6-39-44(36,37)42-43(34,35)38-5-10-13(29)15(31)20(40-10)27-3-1-2-9(4-27)18(23)33;;/h1-4,7-8,10-11,13-16,20-21,29-32H,5-6H2,(H5-,22,23,24,25,33,34,35,36,37);;/q;2*+1/p+1/t10-,11-,13-,14-,15-,16-,20-,21-;;/m1../s1. The number of nitrogen functional groups attached to an aromatic ring is 1. The summed E-state index contributed by atoms with van der Waals surface area (Å²) in [5.74, 6) is -0.714. The van der Waals surface area contributed by atoms with Crippen molar-refractivity contribution < 1.29 is 131 Å². The Balaban J connectivity index is 0.00000288. The normalized spacial score (nSPS) is 30.2. The molecule has 10 atom stereocenters. The van der Waals surface area contributed by atoms with Gasteiger partial charge in [-0.05, 0) is 6.07 Å². The van der Waals surface area contributed by atoms with E-state index in [0.29, 0.717) is 0 Å². The molecule has 3 aromatic rings. The van der Waals surface area contributed by atoms with Crippen molar-refractivity contribution in [3.63, 3.8) is 0 Å². The van der Waals surface area contributed by atoms with Crippen LogP contribution >= 0.6 is 15.6 Å². The van der Waals surface area contributed by atoms with E-state index in [1.165, 1.54) is 40.0 Å². The van der Waals surface area contributed by atoms with Crippen molar-refractivity contribution in [1.82, 2.24) is 19.5 Å². The van der Waals surface area contributed by atoms with E-state index in [1.807, 2.05) is 0 Å². The maximum atomic E-state index is 12.4. The van der Waals surface area contributed by atoms with E-state index in [4.69, 9.17) is 25.5 Å². The monoisotopic (exact) mass is 710 g/mol. The molecule has 10 N–H and O–H groups in total. The number of nitrogens with zero attached hydrogens (tertiary/aromatic N) is 5. The van der Waals surface area contributed by atoms with Gasteiger partial charge in [-0.2, -0.15) is 8.88 Å². The van der Waals surface area contributed by atoms with E-state index in [2.05, 4.69) is 23.8 Å². The van der Waals surface area contributed by atoms with Crippen LogP contribution in [0, 0.1) is 0 Å². The minimum absolute atomic E-state index is 0. The number of phosphoric acid groups is 2. The third-order valence-corrected chi connectivity index (χ3v) is 9.35. The van der Waals surface area contributed by atoms with Crippen LogP contribution < -0.4 is 75.1 Å².